The molecule has 1 aliphatic rings. The van der Waals surface area contributed by atoms with Crippen molar-refractivity contribution in [3.05, 3.63) is 35.9 Å². The van der Waals surface area contributed by atoms with Crippen LogP contribution in [0.1, 0.15) is 30.6 Å². The van der Waals surface area contributed by atoms with E-state index < -0.39 is 5.79 Å². The molecule has 4 heteroatoms. The Bertz CT molecular complexity index is 400. The summed E-state index contributed by atoms with van der Waals surface area (Å²) < 4.78 is 16.2. The second-order valence-corrected chi connectivity index (χ2v) is 4.74. The maximum Gasteiger partial charge on any atom is 0.338 e. The first-order valence-electron chi connectivity index (χ1n) is 6.11. The van der Waals surface area contributed by atoms with Crippen molar-refractivity contribution in [2.75, 3.05) is 13.2 Å². The number of carbonyl (C=O) groups excluding carboxylic acids is 1. The van der Waals surface area contributed by atoms with E-state index in [1.807, 2.05) is 32.0 Å². The summed E-state index contributed by atoms with van der Waals surface area (Å²) in [5.41, 5.74) is 0.571. The molecular formula is C14H18O4. The molecule has 1 unspecified atom stereocenters. The molecule has 0 radical (unpaired) electrons. The SMILES string of the molecule is CC1(C)OCC(CCOC(=O)c2ccccc2)O1. The van der Waals surface area contributed by atoms with Crippen LogP contribution in [-0.4, -0.2) is 31.1 Å². The van der Waals surface area contributed by atoms with Gasteiger partial charge in [0.2, 0.25) is 0 Å². The van der Waals surface area contributed by atoms with Crippen LogP contribution in [0.3, 0.4) is 0 Å². The molecule has 0 aromatic heterocycles. The van der Waals surface area contributed by atoms with Crippen molar-refractivity contribution < 1.29 is 19.0 Å². The van der Waals surface area contributed by atoms with Gasteiger partial charge in [-0.05, 0) is 26.0 Å². The number of esters is 1. The van der Waals surface area contributed by atoms with Crippen LogP contribution < -0.4 is 0 Å². The smallest absolute Gasteiger partial charge is 0.338 e. The van der Waals surface area contributed by atoms with Crippen molar-refractivity contribution in [1.29, 1.82) is 0 Å². The third-order valence-corrected chi connectivity index (χ3v) is 2.75. The lowest BCUT2D eigenvalue weighted by Gasteiger charge is -2.16. The van der Waals surface area contributed by atoms with Crippen molar-refractivity contribution in [1.82, 2.24) is 0 Å². The van der Waals surface area contributed by atoms with Crippen LogP contribution in [0.4, 0.5) is 0 Å². The lowest BCUT2D eigenvalue weighted by atomic mass is 10.2. The normalized spacial score (nSPS) is 21.8. The van der Waals surface area contributed by atoms with Gasteiger partial charge in [0.1, 0.15) is 0 Å². The summed E-state index contributed by atoms with van der Waals surface area (Å²) >= 11 is 0. The Labute approximate surface area is 107 Å². The minimum absolute atomic E-state index is 0.00331. The van der Waals surface area contributed by atoms with Crippen molar-refractivity contribution >= 4 is 5.97 Å². The maximum atomic E-state index is 11.7. The fourth-order valence-electron chi connectivity index (χ4n) is 1.85. The quantitative estimate of drug-likeness (QED) is 0.770. The third kappa shape index (κ3) is 3.55. The first-order chi connectivity index (χ1) is 8.57. The van der Waals surface area contributed by atoms with Crippen LogP contribution in [-0.2, 0) is 14.2 Å². The summed E-state index contributed by atoms with van der Waals surface area (Å²) in [6, 6.07) is 8.96. The van der Waals surface area contributed by atoms with Gasteiger partial charge in [0.15, 0.2) is 5.79 Å². The highest BCUT2D eigenvalue weighted by molar-refractivity contribution is 5.89. The fraction of sp³-hybridized carbons (Fsp3) is 0.500. The van der Waals surface area contributed by atoms with Crippen LogP contribution in [0, 0.1) is 0 Å². The predicted octanol–water partition coefficient (Wildman–Crippen LogP) is 2.39. The van der Waals surface area contributed by atoms with Gasteiger partial charge >= 0.3 is 5.97 Å². The lowest BCUT2D eigenvalue weighted by molar-refractivity contribution is -0.139. The van der Waals surface area contributed by atoms with E-state index in [2.05, 4.69) is 0 Å². The van der Waals surface area contributed by atoms with E-state index in [-0.39, 0.29) is 12.1 Å². The maximum absolute atomic E-state index is 11.7. The van der Waals surface area contributed by atoms with E-state index in [1.54, 1.807) is 12.1 Å². The van der Waals surface area contributed by atoms with Crippen molar-refractivity contribution in [3.63, 3.8) is 0 Å². The van der Waals surface area contributed by atoms with Crippen LogP contribution in [0.5, 0.6) is 0 Å². The topological polar surface area (TPSA) is 44.8 Å². The number of carbonyl (C=O) groups is 1. The van der Waals surface area contributed by atoms with E-state index >= 15 is 0 Å². The zero-order valence-corrected chi connectivity index (χ0v) is 10.7. The van der Waals surface area contributed by atoms with Gasteiger partial charge in [0, 0.05) is 6.42 Å². The van der Waals surface area contributed by atoms with Crippen molar-refractivity contribution in [2.45, 2.75) is 32.2 Å². The molecule has 0 N–H and O–H groups in total. The Balaban J connectivity index is 1.72. The van der Waals surface area contributed by atoms with Crippen LogP contribution >= 0.6 is 0 Å². The number of rotatable bonds is 4. The fourth-order valence-corrected chi connectivity index (χ4v) is 1.85. The summed E-state index contributed by atoms with van der Waals surface area (Å²) in [7, 11) is 0. The van der Waals surface area contributed by atoms with Crippen LogP contribution in [0.15, 0.2) is 30.3 Å². The van der Waals surface area contributed by atoms with Crippen LogP contribution in [0.2, 0.25) is 0 Å². The highest BCUT2D eigenvalue weighted by atomic mass is 16.7. The number of ether oxygens (including phenoxy) is 3. The molecule has 0 aliphatic carbocycles. The lowest BCUT2D eigenvalue weighted by Crippen LogP contribution is -2.22. The molecule has 1 heterocycles. The highest BCUT2D eigenvalue weighted by Crippen LogP contribution is 2.23. The summed E-state index contributed by atoms with van der Waals surface area (Å²) in [5, 5.41) is 0. The molecule has 0 bridgehead atoms. The molecule has 4 nitrogen and oxygen atoms in total. The van der Waals surface area contributed by atoms with Gasteiger partial charge < -0.3 is 14.2 Å². The van der Waals surface area contributed by atoms with Gasteiger partial charge in [-0.3, -0.25) is 0 Å². The van der Waals surface area contributed by atoms with E-state index in [0.717, 1.165) is 0 Å². The standard InChI is InChI=1S/C14H18O4/c1-14(2)17-10-12(18-14)8-9-16-13(15)11-6-4-3-5-7-11/h3-7,12H,8-10H2,1-2H3. The molecule has 1 atom stereocenters. The van der Waals surface area contributed by atoms with Gasteiger partial charge in [0.25, 0.3) is 0 Å². The Morgan fingerprint density at radius 3 is 2.72 bits per heavy atom. The third-order valence-electron chi connectivity index (χ3n) is 2.75. The van der Waals surface area contributed by atoms with E-state index in [1.165, 1.54) is 0 Å². The molecule has 1 fully saturated rings. The molecule has 2 rings (SSSR count). The first-order valence-corrected chi connectivity index (χ1v) is 6.11. The van der Waals surface area contributed by atoms with Crippen molar-refractivity contribution in [3.8, 4) is 0 Å². The number of hydrogen-bond donors (Lipinski definition) is 0. The van der Waals surface area contributed by atoms with Gasteiger partial charge in [-0.1, -0.05) is 18.2 Å². The van der Waals surface area contributed by atoms with Gasteiger partial charge in [-0.2, -0.15) is 0 Å². The summed E-state index contributed by atoms with van der Waals surface area (Å²) in [4.78, 5) is 11.7. The van der Waals surface area contributed by atoms with Crippen LogP contribution in [0.25, 0.3) is 0 Å². The van der Waals surface area contributed by atoms with E-state index in [9.17, 15) is 4.79 Å². The van der Waals surface area contributed by atoms with Gasteiger partial charge in [-0.25, -0.2) is 4.79 Å². The first kappa shape index (κ1) is 13.1. The minimum Gasteiger partial charge on any atom is -0.462 e. The van der Waals surface area contributed by atoms with E-state index in [4.69, 9.17) is 14.2 Å². The summed E-state index contributed by atoms with van der Waals surface area (Å²) in [6.07, 6.45) is 0.658. The second-order valence-electron chi connectivity index (χ2n) is 4.74. The summed E-state index contributed by atoms with van der Waals surface area (Å²) in [6.45, 7) is 4.65. The molecule has 0 amide bonds. The van der Waals surface area contributed by atoms with Crippen molar-refractivity contribution in [2.24, 2.45) is 0 Å². The monoisotopic (exact) mass is 250 g/mol. The Hall–Kier alpha value is -1.39. The summed E-state index contributed by atoms with van der Waals surface area (Å²) in [5.74, 6) is -0.817. The second kappa shape index (κ2) is 5.50. The largest absolute Gasteiger partial charge is 0.462 e. The zero-order chi connectivity index (χ0) is 13.0. The average Bonchev–Trinajstić information content (AvgIpc) is 2.70. The minimum atomic E-state index is -0.520. The zero-order valence-electron chi connectivity index (χ0n) is 10.7. The molecule has 1 aliphatic heterocycles. The molecule has 98 valence electrons. The molecule has 18 heavy (non-hydrogen) atoms. The number of hydrogen-bond acceptors (Lipinski definition) is 4. The molecule has 0 saturated carbocycles. The molecule has 1 aromatic rings. The Morgan fingerprint density at radius 2 is 2.11 bits per heavy atom. The van der Waals surface area contributed by atoms with E-state index in [0.29, 0.717) is 25.2 Å². The number of benzene rings is 1. The predicted molar refractivity (Wildman–Crippen MR) is 66.2 cm³/mol. The molecule has 1 saturated heterocycles. The molecule has 1 aromatic carbocycles. The van der Waals surface area contributed by atoms with Gasteiger partial charge in [0.05, 0.1) is 24.9 Å². The Kier molecular flexibility index (Phi) is 3.99. The highest BCUT2D eigenvalue weighted by Gasteiger charge is 2.32. The molecular weight excluding hydrogens is 232 g/mol. The molecule has 0 spiro atoms. The van der Waals surface area contributed by atoms with Gasteiger partial charge in [-0.15, -0.1) is 0 Å². The average molecular weight is 250 g/mol. The Morgan fingerprint density at radius 1 is 1.39 bits per heavy atom.